The molecule has 0 amide bonds. The van der Waals surface area contributed by atoms with Crippen molar-refractivity contribution in [2.75, 3.05) is 6.54 Å². The van der Waals surface area contributed by atoms with Crippen LogP contribution in [0, 0.1) is 13.8 Å². The van der Waals surface area contributed by atoms with Crippen LogP contribution in [0.2, 0.25) is 0 Å². The largest absolute Gasteiger partial charge is 0.314 e. The van der Waals surface area contributed by atoms with E-state index < -0.39 is 0 Å². The van der Waals surface area contributed by atoms with Gasteiger partial charge in [0.25, 0.3) is 0 Å². The third kappa shape index (κ3) is 4.83. The van der Waals surface area contributed by atoms with Crippen LogP contribution in [0.25, 0.3) is 0 Å². The van der Waals surface area contributed by atoms with Gasteiger partial charge in [0.2, 0.25) is 0 Å². The molecule has 0 aliphatic carbocycles. The molecule has 1 aromatic heterocycles. The molecule has 0 radical (unpaired) electrons. The lowest BCUT2D eigenvalue weighted by atomic mass is 9.99. The minimum Gasteiger partial charge on any atom is -0.314 e. The fraction of sp³-hybridized carbons (Fsp3) is 0.688. The van der Waals surface area contributed by atoms with Gasteiger partial charge in [-0.1, -0.05) is 12.5 Å². The molecular weight excluding hydrogens is 234 g/mol. The Bertz CT molecular complexity index is 418. The molecule has 108 valence electrons. The molecule has 3 heteroatoms. The summed E-state index contributed by atoms with van der Waals surface area (Å²) in [7, 11) is 2.02. The lowest BCUT2D eigenvalue weighted by Crippen LogP contribution is -2.30. The zero-order chi connectivity index (χ0) is 14.4. The molecule has 0 fully saturated rings. The molecule has 1 atom stereocenters. The maximum absolute atomic E-state index is 4.49. The number of aromatic nitrogens is 2. The fourth-order valence-electron chi connectivity index (χ4n) is 2.54. The van der Waals surface area contributed by atoms with Crippen LogP contribution in [0.1, 0.15) is 50.1 Å². The Balaban J connectivity index is 2.61. The van der Waals surface area contributed by atoms with E-state index in [0.29, 0.717) is 6.04 Å². The second-order valence-corrected chi connectivity index (χ2v) is 5.62. The molecule has 0 aliphatic heterocycles. The van der Waals surface area contributed by atoms with E-state index in [1.807, 2.05) is 11.7 Å². The summed E-state index contributed by atoms with van der Waals surface area (Å²) in [4.78, 5) is 0. The molecule has 3 nitrogen and oxygen atoms in total. The molecule has 1 aromatic rings. The van der Waals surface area contributed by atoms with Gasteiger partial charge in [-0.2, -0.15) is 5.10 Å². The van der Waals surface area contributed by atoms with Crippen LogP contribution in [0.4, 0.5) is 0 Å². The third-order valence-electron chi connectivity index (χ3n) is 3.68. The summed E-state index contributed by atoms with van der Waals surface area (Å²) in [5.74, 6) is 0. The van der Waals surface area contributed by atoms with Crippen molar-refractivity contribution in [1.82, 2.24) is 15.1 Å². The minimum absolute atomic E-state index is 0.538. The first kappa shape index (κ1) is 16.0. The van der Waals surface area contributed by atoms with Crippen LogP contribution in [0.5, 0.6) is 0 Å². The van der Waals surface area contributed by atoms with Crippen molar-refractivity contribution in [1.29, 1.82) is 0 Å². The van der Waals surface area contributed by atoms with Gasteiger partial charge >= 0.3 is 0 Å². The van der Waals surface area contributed by atoms with Crippen molar-refractivity contribution in [2.24, 2.45) is 7.05 Å². The maximum atomic E-state index is 4.49. The van der Waals surface area contributed by atoms with E-state index in [-0.39, 0.29) is 0 Å². The van der Waals surface area contributed by atoms with E-state index in [0.717, 1.165) is 25.8 Å². The third-order valence-corrected chi connectivity index (χ3v) is 3.68. The molecule has 1 unspecified atom stereocenters. The number of nitrogens with one attached hydrogen (secondary N) is 1. The average molecular weight is 263 g/mol. The number of nitrogens with zero attached hydrogens (tertiary/aromatic N) is 2. The Morgan fingerprint density at radius 3 is 2.58 bits per heavy atom. The summed E-state index contributed by atoms with van der Waals surface area (Å²) in [5.41, 5.74) is 5.13. The molecule has 0 aromatic carbocycles. The van der Waals surface area contributed by atoms with Crippen molar-refractivity contribution in [3.63, 3.8) is 0 Å². The monoisotopic (exact) mass is 263 g/mol. The summed E-state index contributed by atoms with van der Waals surface area (Å²) < 4.78 is 1.98. The highest BCUT2D eigenvalue weighted by molar-refractivity contribution is 5.24. The number of hydrogen-bond donors (Lipinski definition) is 1. The van der Waals surface area contributed by atoms with Gasteiger partial charge in [-0.3, -0.25) is 4.68 Å². The second kappa shape index (κ2) is 7.49. The predicted octanol–water partition coefficient (Wildman–Crippen LogP) is 3.30. The van der Waals surface area contributed by atoms with Crippen molar-refractivity contribution in [3.8, 4) is 0 Å². The minimum atomic E-state index is 0.538. The zero-order valence-electron chi connectivity index (χ0n) is 13.2. The topological polar surface area (TPSA) is 29.9 Å². The average Bonchev–Trinajstić information content (AvgIpc) is 2.57. The van der Waals surface area contributed by atoms with E-state index in [2.05, 4.69) is 44.7 Å². The Morgan fingerprint density at radius 2 is 2.11 bits per heavy atom. The lowest BCUT2D eigenvalue weighted by Gasteiger charge is -2.18. The van der Waals surface area contributed by atoms with Gasteiger partial charge in [-0.25, -0.2) is 0 Å². The molecule has 1 heterocycles. The Hall–Kier alpha value is -1.09. The molecule has 0 bridgehead atoms. The molecule has 0 saturated heterocycles. The van der Waals surface area contributed by atoms with Gasteiger partial charge in [-0.05, 0) is 58.6 Å². The molecule has 0 spiro atoms. The Labute approximate surface area is 118 Å². The van der Waals surface area contributed by atoms with Gasteiger partial charge in [0.05, 0.1) is 5.69 Å². The van der Waals surface area contributed by atoms with Crippen molar-refractivity contribution >= 4 is 0 Å². The zero-order valence-corrected chi connectivity index (χ0v) is 13.2. The fourth-order valence-corrected chi connectivity index (χ4v) is 2.54. The quantitative estimate of drug-likeness (QED) is 0.729. The second-order valence-electron chi connectivity index (χ2n) is 5.62. The van der Waals surface area contributed by atoms with Crippen molar-refractivity contribution in [2.45, 2.75) is 59.4 Å². The van der Waals surface area contributed by atoms with Crippen LogP contribution in [-0.2, 0) is 13.5 Å². The molecule has 1 N–H and O–H groups in total. The first-order chi connectivity index (χ1) is 8.95. The van der Waals surface area contributed by atoms with Crippen LogP contribution in [-0.4, -0.2) is 22.4 Å². The summed E-state index contributed by atoms with van der Waals surface area (Å²) in [6, 6.07) is 0.538. The first-order valence-corrected chi connectivity index (χ1v) is 7.32. The molecule has 19 heavy (non-hydrogen) atoms. The van der Waals surface area contributed by atoms with Crippen molar-refractivity contribution < 1.29 is 0 Å². The first-order valence-electron chi connectivity index (χ1n) is 7.32. The van der Waals surface area contributed by atoms with Gasteiger partial charge in [-0.15, -0.1) is 6.58 Å². The smallest absolute Gasteiger partial charge is 0.0628 e. The SMILES string of the molecule is C=C(C)CC(CCc1c(C)nn(C)c1C)NCCC. The van der Waals surface area contributed by atoms with Gasteiger partial charge in [0.1, 0.15) is 0 Å². The summed E-state index contributed by atoms with van der Waals surface area (Å²) in [6.45, 7) is 13.7. The number of rotatable bonds is 8. The van der Waals surface area contributed by atoms with E-state index in [1.54, 1.807) is 0 Å². The van der Waals surface area contributed by atoms with Crippen LogP contribution < -0.4 is 5.32 Å². The molecule has 0 aliphatic rings. The van der Waals surface area contributed by atoms with E-state index >= 15 is 0 Å². The Morgan fingerprint density at radius 1 is 1.42 bits per heavy atom. The van der Waals surface area contributed by atoms with Gasteiger partial charge in [0.15, 0.2) is 0 Å². The molecule has 0 saturated carbocycles. The highest BCUT2D eigenvalue weighted by atomic mass is 15.3. The van der Waals surface area contributed by atoms with E-state index in [4.69, 9.17) is 0 Å². The van der Waals surface area contributed by atoms with Crippen LogP contribution >= 0.6 is 0 Å². The molecular formula is C16H29N3. The van der Waals surface area contributed by atoms with Crippen LogP contribution in [0.3, 0.4) is 0 Å². The summed E-state index contributed by atoms with van der Waals surface area (Å²) in [5, 5.41) is 8.12. The summed E-state index contributed by atoms with van der Waals surface area (Å²) in [6.07, 6.45) is 4.50. The number of aryl methyl sites for hydroxylation is 2. The molecule has 1 rings (SSSR count). The summed E-state index contributed by atoms with van der Waals surface area (Å²) >= 11 is 0. The predicted molar refractivity (Wildman–Crippen MR) is 82.5 cm³/mol. The lowest BCUT2D eigenvalue weighted by molar-refractivity contribution is 0.476. The van der Waals surface area contributed by atoms with Gasteiger partial charge < -0.3 is 5.32 Å². The maximum Gasteiger partial charge on any atom is 0.0628 e. The van der Waals surface area contributed by atoms with E-state index in [9.17, 15) is 0 Å². The van der Waals surface area contributed by atoms with Gasteiger partial charge in [0, 0.05) is 18.8 Å². The highest BCUT2D eigenvalue weighted by Gasteiger charge is 2.13. The Kier molecular flexibility index (Phi) is 6.29. The highest BCUT2D eigenvalue weighted by Crippen LogP contribution is 2.17. The van der Waals surface area contributed by atoms with Crippen LogP contribution in [0.15, 0.2) is 12.2 Å². The van der Waals surface area contributed by atoms with Crippen molar-refractivity contribution in [3.05, 3.63) is 29.1 Å². The standard InChI is InChI=1S/C16H29N3/c1-7-10-17-15(11-12(2)3)8-9-16-13(4)18-19(6)14(16)5/h15,17H,2,7-11H2,1,3-6H3. The number of hydrogen-bond acceptors (Lipinski definition) is 2. The normalized spacial score (nSPS) is 12.7. The van der Waals surface area contributed by atoms with E-state index in [1.165, 1.54) is 28.9 Å².